The van der Waals surface area contributed by atoms with Crippen molar-refractivity contribution in [2.24, 2.45) is 0 Å². The van der Waals surface area contributed by atoms with Crippen LogP contribution in [0.3, 0.4) is 0 Å². The van der Waals surface area contributed by atoms with Gasteiger partial charge in [0, 0.05) is 50.8 Å². The third-order valence-corrected chi connectivity index (χ3v) is 0.902. The average molecular weight is 154 g/mol. The van der Waals surface area contributed by atoms with Crippen molar-refractivity contribution in [3.63, 3.8) is 0 Å². The molecular formula is C4H6CaN2O2. The zero-order chi connectivity index (χ0) is 5.98. The van der Waals surface area contributed by atoms with Gasteiger partial charge in [0.2, 0.25) is 0 Å². The number of rotatable bonds is 0. The Bertz CT molecular complexity index is 121. The van der Waals surface area contributed by atoms with Crippen molar-refractivity contribution in [3.05, 3.63) is 0 Å². The van der Waals surface area contributed by atoms with Crippen LogP contribution >= 0.6 is 0 Å². The molecule has 5 heteroatoms. The zero-order valence-corrected chi connectivity index (χ0v) is 7.15. The molecule has 0 saturated carbocycles. The minimum atomic E-state index is -0.531. The molecule has 2 radical (unpaired) electrons. The van der Waals surface area contributed by atoms with Crippen molar-refractivity contribution >= 4 is 49.6 Å². The monoisotopic (exact) mass is 154 g/mol. The normalized spacial score (nSPS) is 17.3. The van der Waals surface area contributed by atoms with Gasteiger partial charge in [-0.3, -0.25) is 9.59 Å². The minimum Gasteiger partial charge on any atom is -0.346 e. The zero-order valence-electron chi connectivity index (χ0n) is 4.94. The predicted octanol–water partition coefficient (Wildman–Crippen LogP) is -2.15. The summed E-state index contributed by atoms with van der Waals surface area (Å²) in [5.41, 5.74) is 0. The van der Waals surface area contributed by atoms with E-state index in [4.69, 9.17) is 0 Å². The van der Waals surface area contributed by atoms with Crippen LogP contribution in [0.4, 0.5) is 0 Å². The van der Waals surface area contributed by atoms with Crippen LogP contribution in [0, 0.1) is 0 Å². The molecule has 0 unspecified atom stereocenters. The first-order chi connectivity index (χ1) is 3.80. The summed E-state index contributed by atoms with van der Waals surface area (Å²) < 4.78 is 0. The average Bonchev–Trinajstić information content (AvgIpc) is 1.77. The van der Waals surface area contributed by atoms with E-state index in [1.165, 1.54) is 0 Å². The standard InChI is InChI=1S/C4H6N2O2.Ca/c7-3-4(8)6-2-1-5-3;/h1-2H2,(H,5,7)(H,6,8);. The van der Waals surface area contributed by atoms with Crippen LogP contribution in [0.5, 0.6) is 0 Å². The summed E-state index contributed by atoms with van der Waals surface area (Å²) in [5, 5.41) is 4.76. The number of amides is 2. The third-order valence-electron chi connectivity index (χ3n) is 0.902. The molecule has 0 aromatic rings. The molecule has 0 aromatic carbocycles. The molecule has 1 heterocycles. The van der Waals surface area contributed by atoms with Gasteiger partial charge in [0.15, 0.2) is 0 Å². The Morgan fingerprint density at radius 2 is 1.33 bits per heavy atom. The molecule has 46 valence electrons. The number of carbonyl (C=O) groups excluding carboxylic acids is 2. The van der Waals surface area contributed by atoms with Crippen molar-refractivity contribution in [2.45, 2.75) is 0 Å². The molecule has 0 aromatic heterocycles. The topological polar surface area (TPSA) is 58.2 Å². The Balaban J connectivity index is 0.000000640. The summed E-state index contributed by atoms with van der Waals surface area (Å²) in [7, 11) is 0. The molecule has 1 fully saturated rings. The summed E-state index contributed by atoms with van der Waals surface area (Å²) in [6.07, 6.45) is 0. The van der Waals surface area contributed by atoms with Gasteiger partial charge in [-0.15, -0.1) is 0 Å². The Kier molecular flexibility index (Phi) is 4.18. The molecule has 0 atom stereocenters. The minimum absolute atomic E-state index is 0. The second-order valence-electron chi connectivity index (χ2n) is 1.51. The first-order valence-corrected chi connectivity index (χ1v) is 2.37. The first kappa shape index (κ1) is 9.20. The van der Waals surface area contributed by atoms with Gasteiger partial charge in [-0.25, -0.2) is 0 Å². The molecule has 9 heavy (non-hydrogen) atoms. The molecular weight excluding hydrogens is 148 g/mol. The van der Waals surface area contributed by atoms with Crippen molar-refractivity contribution in [1.82, 2.24) is 10.6 Å². The maximum Gasteiger partial charge on any atom is 0.309 e. The Morgan fingerprint density at radius 1 is 1.00 bits per heavy atom. The Morgan fingerprint density at radius 3 is 1.56 bits per heavy atom. The van der Waals surface area contributed by atoms with E-state index in [0.29, 0.717) is 13.1 Å². The smallest absolute Gasteiger partial charge is 0.309 e. The van der Waals surface area contributed by atoms with E-state index in [2.05, 4.69) is 10.6 Å². The van der Waals surface area contributed by atoms with Gasteiger partial charge in [-0.1, -0.05) is 0 Å². The molecule has 0 bridgehead atoms. The van der Waals surface area contributed by atoms with Crippen LogP contribution in [0.15, 0.2) is 0 Å². The van der Waals surface area contributed by atoms with Crippen LogP contribution in [0.2, 0.25) is 0 Å². The molecule has 1 aliphatic heterocycles. The second kappa shape index (κ2) is 4.09. The van der Waals surface area contributed by atoms with Gasteiger partial charge in [-0.05, 0) is 0 Å². The fourth-order valence-electron chi connectivity index (χ4n) is 0.513. The number of hydrogen-bond acceptors (Lipinski definition) is 2. The van der Waals surface area contributed by atoms with E-state index >= 15 is 0 Å². The van der Waals surface area contributed by atoms with Crippen molar-refractivity contribution < 1.29 is 9.59 Å². The largest absolute Gasteiger partial charge is 0.346 e. The van der Waals surface area contributed by atoms with Gasteiger partial charge in [-0.2, -0.15) is 0 Å². The van der Waals surface area contributed by atoms with E-state index in [1.807, 2.05) is 0 Å². The van der Waals surface area contributed by atoms with Crippen molar-refractivity contribution in [2.75, 3.05) is 13.1 Å². The summed E-state index contributed by atoms with van der Waals surface area (Å²) in [4.78, 5) is 20.5. The summed E-state index contributed by atoms with van der Waals surface area (Å²) >= 11 is 0. The van der Waals surface area contributed by atoms with Gasteiger partial charge < -0.3 is 10.6 Å². The number of nitrogens with one attached hydrogen (secondary N) is 2. The molecule has 1 aliphatic rings. The van der Waals surface area contributed by atoms with E-state index in [1.54, 1.807) is 0 Å². The van der Waals surface area contributed by atoms with Gasteiger partial charge in [0.25, 0.3) is 0 Å². The third kappa shape index (κ3) is 2.51. The van der Waals surface area contributed by atoms with Crippen LogP contribution in [0.1, 0.15) is 0 Å². The van der Waals surface area contributed by atoms with Gasteiger partial charge in [0.1, 0.15) is 0 Å². The maximum absolute atomic E-state index is 10.3. The summed E-state index contributed by atoms with van der Waals surface area (Å²) in [5.74, 6) is -1.06. The molecule has 0 spiro atoms. The van der Waals surface area contributed by atoms with Gasteiger partial charge >= 0.3 is 11.8 Å². The second-order valence-corrected chi connectivity index (χ2v) is 1.51. The number of carbonyl (C=O) groups is 2. The number of hydrogen-bond donors (Lipinski definition) is 2. The molecule has 2 amide bonds. The first-order valence-electron chi connectivity index (χ1n) is 2.37. The van der Waals surface area contributed by atoms with E-state index in [0.717, 1.165) is 0 Å². The maximum atomic E-state index is 10.3. The molecule has 0 aliphatic carbocycles. The quantitative estimate of drug-likeness (QED) is 0.309. The van der Waals surface area contributed by atoms with Crippen LogP contribution in [-0.2, 0) is 9.59 Å². The Labute approximate surface area is 82.4 Å². The van der Waals surface area contributed by atoms with Crippen LogP contribution in [0.25, 0.3) is 0 Å². The van der Waals surface area contributed by atoms with E-state index in [-0.39, 0.29) is 37.7 Å². The van der Waals surface area contributed by atoms with Crippen LogP contribution < -0.4 is 10.6 Å². The summed E-state index contributed by atoms with van der Waals surface area (Å²) in [6.45, 7) is 1.09. The number of piperazine rings is 1. The molecule has 1 saturated heterocycles. The van der Waals surface area contributed by atoms with E-state index < -0.39 is 11.8 Å². The molecule has 2 N–H and O–H groups in total. The Hall–Kier alpha value is 0.200. The predicted molar refractivity (Wildman–Crippen MR) is 31.8 cm³/mol. The SMILES string of the molecule is O=C1NCCNC1=O.[Ca]. The van der Waals surface area contributed by atoms with Crippen LogP contribution in [-0.4, -0.2) is 62.6 Å². The van der Waals surface area contributed by atoms with Gasteiger partial charge in [0.05, 0.1) is 0 Å². The molecule has 4 nitrogen and oxygen atoms in total. The molecule has 1 rings (SSSR count). The fraction of sp³-hybridized carbons (Fsp3) is 0.500. The van der Waals surface area contributed by atoms with Crippen molar-refractivity contribution in [1.29, 1.82) is 0 Å². The fourth-order valence-corrected chi connectivity index (χ4v) is 0.513. The van der Waals surface area contributed by atoms with E-state index in [9.17, 15) is 9.59 Å². The summed E-state index contributed by atoms with van der Waals surface area (Å²) in [6, 6.07) is 0. The van der Waals surface area contributed by atoms with Crippen molar-refractivity contribution in [3.8, 4) is 0 Å².